The Hall–Kier alpha value is -1.66. The Bertz CT molecular complexity index is 521. The van der Waals surface area contributed by atoms with Crippen molar-refractivity contribution >= 4 is 6.09 Å². The molecule has 0 saturated carbocycles. The first-order chi connectivity index (χ1) is 11.8. The van der Waals surface area contributed by atoms with Gasteiger partial charge in [0.15, 0.2) is 6.29 Å². The Kier molecular flexibility index (Phi) is 6.04. The van der Waals surface area contributed by atoms with Gasteiger partial charge in [0.25, 0.3) is 0 Å². The first-order valence-electron chi connectivity index (χ1n) is 8.56. The van der Waals surface area contributed by atoms with Crippen molar-refractivity contribution in [2.75, 3.05) is 19.8 Å². The zero-order chi connectivity index (χ0) is 16.8. The van der Waals surface area contributed by atoms with Crippen LogP contribution >= 0.6 is 0 Å². The van der Waals surface area contributed by atoms with E-state index in [1.54, 1.807) is 0 Å². The molecule has 3 rings (SSSR count). The average Bonchev–Trinajstić information content (AvgIpc) is 3.04. The molecule has 24 heavy (non-hydrogen) atoms. The highest BCUT2D eigenvalue weighted by molar-refractivity contribution is 5.68. The minimum atomic E-state index is -0.591. The van der Waals surface area contributed by atoms with Crippen molar-refractivity contribution in [3.05, 3.63) is 35.9 Å². The highest BCUT2D eigenvalue weighted by Gasteiger charge is 2.38. The SMILES string of the molecule is O=C(OCc1ccccc1)N1C[C@H](OC2CCCCO2)C[C@@H]1CF. The number of alkyl halides is 1. The average molecular weight is 337 g/mol. The highest BCUT2D eigenvalue weighted by Crippen LogP contribution is 2.25. The number of halogens is 1. The van der Waals surface area contributed by atoms with Gasteiger partial charge in [-0.15, -0.1) is 0 Å². The third-order valence-corrected chi connectivity index (χ3v) is 4.48. The number of carbonyl (C=O) groups is 1. The van der Waals surface area contributed by atoms with E-state index in [0.29, 0.717) is 19.6 Å². The Morgan fingerprint density at radius 2 is 2.12 bits per heavy atom. The van der Waals surface area contributed by atoms with Gasteiger partial charge in [-0.25, -0.2) is 9.18 Å². The molecule has 6 heteroatoms. The predicted molar refractivity (Wildman–Crippen MR) is 86.2 cm³/mol. The van der Waals surface area contributed by atoms with Gasteiger partial charge in [-0.05, 0) is 31.2 Å². The van der Waals surface area contributed by atoms with Gasteiger partial charge in [-0.3, -0.25) is 4.90 Å². The molecule has 2 fully saturated rings. The lowest BCUT2D eigenvalue weighted by Gasteiger charge is -2.25. The topological polar surface area (TPSA) is 48.0 Å². The second-order valence-corrected chi connectivity index (χ2v) is 6.29. The predicted octanol–water partition coefficient (Wildman–Crippen LogP) is 3.28. The van der Waals surface area contributed by atoms with Crippen LogP contribution in [0.3, 0.4) is 0 Å². The van der Waals surface area contributed by atoms with Gasteiger partial charge in [-0.2, -0.15) is 0 Å². The number of carbonyl (C=O) groups excluding carboxylic acids is 1. The molecule has 0 radical (unpaired) electrons. The smallest absolute Gasteiger partial charge is 0.410 e. The minimum Gasteiger partial charge on any atom is -0.445 e. The molecule has 0 bridgehead atoms. The number of nitrogens with zero attached hydrogens (tertiary/aromatic N) is 1. The third-order valence-electron chi connectivity index (χ3n) is 4.48. The van der Waals surface area contributed by atoms with Crippen LogP contribution in [0.25, 0.3) is 0 Å². The van der Waals surface area contributed by atoms with E-state index in [1.165, 1.54) is 4.90 Å². The maximum Gasteiger partial charge on any atom is 0.410 e. The fourth-order valence-electron chi connectivity index (χ4n) is 3.18. The van der Waals surface area contributed by atoms with E-state index in [0.717, 1.165) is 24.8 Å². The van der Waals surface area contributed by atoms with Crippen LogP contribution in [-0.2, 0) is 20.8 Å². The Balaban J connectivity index is 1.50. The molecular formula is C18H24FNO4. The lowest BCUT2D eigenvalue weighted by molar-refractivity contribution is -0.184. The van der Waals surface area contributed by atoms with Crippen molar-refractivity contribution in [2.24, 2.45) is 0 Å². The second-order valence-electron chi connectivity index (χ2n) is 6.29. The van der Waals surface area contributed by atoms with Crippen LogP contribution < -0.4 is 0 Å². The van der Waals surface area contributed by atoms with E-state index in [4.69, 9.17) is 14.2 Å². The molecule has 2 heterocycles. The number of rotatable bonds is 5. The summed E-state index contributed by atoms with van der Waals surface area (Å²) in [7, 11) is 0. The van der Waals surface area contributed by atoms with Crippen LogP contribution in [0.2, 0.25) is 0 Å². The summed E-state index contributed by atoms with van der Waals surface area (Å²) in [5.41, 5.74) is 0.908. The third kappa shape index (κ3) is 4.45. The molecule has 3 atom stereocenters. The summed E-state index contributed by atoms with van der Waals surface area (Å²) in [6.45, 7) is 0.646. The van der Waals surface area contributed by atoms with Gasteiger partial charge in [0.05, 0.1) is 18.7 Å². The van der Waals surface area contributed by atoms with Crippen molar-refractivity contribution in [1.29, 1.82) is 0 Å². The number of ether oxygens (including phenoxy) is 3. The van der Waals surface area contributed by atoms with Crippen LogP contribution in [0.4, 0.5) is 9.18 Å². The zero-order valence-corrected chi connectivity index (χ0v) is 13.7. The first-order valence-corrected chi connectivity index (χ1v) is 8.56. The van der Waals surface area contributed by atoms with Crippen molar-refractivity contribution in [3.8, 4) is 0 Å². The maximum absolute atomic E-state index is 13.3. The number of hydrogen-bond donors (Lipinski definition) is 0. The van der Waals surface area contributed by atoms with Crippen molar-refractivity contribution in [3.63, 3.8) is 0 Å². The van der Waals surface area contributed by atoms with Gasteiger partial charge in [-0.1, -0.05) is 30.3 Å². The first kappa shape index (κ1) is 17.2. The van der Waals surface area contributed by atoms with E-state index in [-0.39, 0.29) is 19.0 Å². The van der Waals surface area contributed by atoms with E-state index < -0.39 is 18.8 Å². The quantitative estimate of drug-likeness (QED) is 0.827. The van der Waals surface area contributed by atoms with Crippen molar-refractivity contribution in [2.45, 2.75) is 50.7 Å². The standard InChI is InChI=1S/C18H24FNO4/c19-11-15-10-16(24-17-8-4-5-9-22-17)12-20(15)18(21)23-13-14-6-2-1-3-7-14/h1-3,6-7,15-17H,4-5,8-13H2/t15-,16-,17?/m1/s1. The highest BCUT2D eigenvalue weighted by atomic mass is 19.1. The molecule has 1 amide bonds. The van der Waals surface area contributed by atoms with Crippen molar-refractivity contribution in [1.82, 2.24) is 4.90 Å². The molecular weight excluding hydrogens is 313 g/mol. The van der Waals surface area contributed by atoms with Crippen LogP contribution in [0.1, 0.15) is 31.2 Å². The molecule has 1 aromatic carbocycles. The summed E-state index contributed by atoms with van der Waals surface area (Å²) in [4.78, 5) is 13.7. The second kappa shape index (κ2) is 8.44. The summed E-state index contributed by atoms with van der Waals surface area (Å²) in [5, 5.41) is 0. The lowest BCUT2D eigenvalue weighted by atomic mass is 10.2. The number of hydrogen-bond acceptors (Lipinski definition) is 4. The fraction of sp³-hybridized carbons (Fsp3) is 0.611. The molecule has 0 aromatic heterocycles. The van der Waals surface area contributed by atoms with Gasteiger partial charge in [0.2, 0.25) is 0 Å². The minimum absolute atomic E-state index is 0.187. The van der Waals surface area contributed by atoms with Crippen molar-refractivity contribution < 1.29 is 23.4 Å². The molecule has 2 aliphatic rings. The van der Waals surface area contributed by atoms with Crippen LogP contribution in [0, 0.1) is 0 Å². The largest absolute Gasteiger partial charge is 0.445 e. The number of amides is 1. The van der Waals surface area contributed by atoms with Crippen LogP contribution in [-0.4, -0.2) is 49.3 Å². The van der Waals surface area contributed by atoms with Gasteiger partial charge >= 0.3 is 6.09 Å². The normalized spacial score (nSPS) is 27.2. The lowest BCUT2D eigenvalue weighted by Crippen LogP contribution is -2.38. The molecule has 0 aliphatic carbocycles. The van der Waals surface area contributed by atoms with Gasteiger partial charge in [0, 0.05) is 6.61 Å². The summed E-state index contributed by atoms with van der Waals surface area (Å²) < 4.78 is 30.1. The zero-order valence-electron chi connectivity index (χ0n) is 13.7. The molecule has 132 valence electrons. The van der Waals surface area contributed by atoms with E-state index in [1.807, 2.05) is 30.3 Å². The molecule has 2 aliphatic heterocycles. The summed E-state index contributed by atoms with van der Waals surface area (Å²) in [5.74, 6) is 0. The Morgan fingerprint density at radius 1 is 1.29 bits per heavy atom. The maximum atomic E-state index is 13.3. The molecule has 5 nitrogen and oxygen atoms in total. The molecule has 0 spiro atoms. The number of likely N-dealkylation sites (tertiary alicyclic amines) is 1. The van der Waals surface area contributed by atoms with E-state index in [2.05, 4.69) is 0 Å². The Morgan fingerprint density at radius 3 is 2.83 bits per heavy atom. The molecule has 1 unspecified atom stereocenters. The molecule has 1 aromatic rings. The van der Waals surface area contributed by atoms with Gasteiger partial charge in [0.1, 0.15) is 13.3 Å². The summed E-state index contributed by atoms with van der Waals surface area (Å²) in [6.07, 6.45) is 2.55. The van der Waals surface area contributed by atoms with Gasteiger partial charge < -0.3 is 14.2 Å². The summed E-state index contributed by atoms with van der Waals surface area (Å²) in [6, 6.07) is 8.96. The van der Waals surface area contributed by atoms with E-state index in [9.17, 15) is 9.18 Å². The molecule has 0 N–H and O–H groups in total. The van der Waals surface area contributed by atoms with Crippen LogP contribution in [0.5, 0.6) is 0 Å². The monoisotopic (exact) mass is 337 g/mol. The summed E-state index contributed by atoms with van der Waals surface area (Å²) >= 11 is 0. The fourth-order valence-corrected chi connectivity index (χ4v) is 3.18. The van der Waals surface area contributed by atoms with Crippen LogP contribution in [0.15, 0.2) is 30.3 Å². The molecule has 2 saturated heterocycles. The van der Waals surface area contributed by atoms with E-state index >= 15 is 0 Å². The Labute approximate surface area is 141 Å². The number of benzene rings is 1.